The number of amides is 1. The van der Waals surface area contributed by atoms with Crippen molar-refractivity contribution >= 4 is 27.5 Å². The highest BCUT2D eigenvalue weighted by Crippen LogP contribution is 2.18. The molecule has 0 saturated carbocycles. The first-order valence-electron chi connectivity index (χ1n) is 7.50. The number of likely N-dealkylation sites (N-methyl/N-ethyl adjacent to an activating group) is 1. The summed E-state index contributed by atoms with van der Waals surface area (Å²) in [7, 11) is -1.47. The van der Waals surface area contributed by atoms with E-state index in [0.717, 1.165) is 18.7 Å². The Morgan fingerprint density at radius 2 is 1.78 bits per heavy atom. The van der Waals surface area contributed by atoms with Crippen LogP contribution in [0.4, 0.5) is 0 Å². The average molecular weight is 360 g/mol. The molecule has 0 spiro atoms. The summed E-state index contributed by atoms with van der Waals surface area (Å²) in [5.74, 6) is -0.249. The second-order valence-corrected chi connectivity index (χ2v) is 8.28. The fourth-order valence-corrected chi connectivity index (χ4v) is 3.79. The average Bonchev–Trinajstić information content (AvgIpc) is 2.53. The van der Waals surface area contributed by atoms with Crippen LogP contribution in [0.2, 0.25) is 0 Å². The number of hydrogen-bond acceptors (Lipinski definition) is 4. The fourth-order valence-electron chi connectivity index (χ4n) is 2.29. The lowest BCUT2D eigenvalue weighted by atomic mass is 10.2. The monoisotopic (exact) mass is 359 g/mol. The Morgan fingerprint density at radius 1 is 1.22 bits per heavy atom. The minimum Gasteiger partial charge on any atom is -0.351 e. The van der Waals surface area contributed by atoms with E-state index in [0.29, 0.717) is 19.6 Å². The summed E-state index contributed by atoms with van der Waals surface area (Å²) in [4.78, 5) is 13.8. The van der Waals surface area contributed by atoms with Gasteiger partial charge in [-0.3, -0.25) is 4.79 Å². The predicted molar refractivity (Wildman–Crippen MR) is 89.9 cm³/mol. The highest BCUT2D eigenvalue weighted by Gasteiger charge is 2.27. The number of nitrogens with zero attached hydrogens (tertiary/aromatic N) is 2. The van der Waals surface area contributed by atoms with Crippen LogP contribution < -0.4 is 5.32 Å². The number of piperazine rings is 1. The number of carbonyl (C=O) groups is 1. The van der Waals surface area contributed by atoms with Crippen molar-refractivity contribution in [3.63, 3.8) is 0 Å². The second kappa shape index (κ2) is 7.61. The molecule has 128 valence electrons. The van der Waals surface area contributed by atoms with Crippen LogP contribution >= 0.6 is 11.6 Å². The van der Waals surface area contributed by atoms with E-state index in [4.69, 9.17) is 11.6 Å². The van der Waals surface area contributed by atoms with Crippen LogP contribution in [0.15, 0.2) is 29.2 Å². The molecule has 1 saturated heterocycles. The van der Waals surface area contributed by atoms with Crippen molar-refractivity contribution in [3.05, 3.63) is 29.8 Å². The third kappa shape index (κ3) is 4.67. The maximum atomic E-state index is 12.6. The van der Waals surface area contributed by atoms with Crippen molar-refractivity contribution in [2.24, 2.45) is 0 Å². The highest BCUT2D eigenvalue weighted by molar-refractivity contribution is 7.89. The van der Waals surface area contributed by atoms with E-state index in [-0.39, 0.29) is 10.8 Å². The molecule has 0 aromatic heterocycles. The molecule has 8 heteroatoms. The van der Waals surface area contributed by atoms with Gasteiger partial charge in [-0.2, -0.15) is 4.31 Å². The maximum Gasteiger partial charge on any atom is 0.243 e. The van der Waals surface area contributed by atoms with Crippen molar-refractivity contribution in [1.82, 2.24) is 14.5 Å². The lowest BCUT2D eigenvalue weighted by Gasteiger charge is -2.31. The molecular formula is C15H22ClN3O3S. The van der Waals surface area contributed by atoms with Gasteiger partial charge in [-0.15, -0.1) is 11.6 Å². The number of carbonyl (C=O) groups excluding carboxylic acids is 1. The van der Waals surface area contributed by atoms with Gasteiger partial charge >= 0.3 is 0 Å². The molecule has 0 bridgehead atoms. The summed E-state index contributed by atoms with van der Waals surface area (Å²) >= 11 is 5.68. The SMILES string of the molecule is CC(Cl)C(=O)NCc1ccc(S(=O)(=O)N2CCN(C)CC2)cc1. The summed E-state index contributed by atoms with van der Waals surface area (Å²) in [5.41, 5.74) is 0.827. The lowest BCUT2D eigenvalue weighted by molar-refractivity contribution is -0.120. The Hall–Kier alpha value is -1.15. The number of sulfonamides is 1. The van der Waals surface area contributed by atoms with Gasteiger partial charge in [0.15, 0.2) is 0 Å². The van der Waals surface area contributed by atoms with E-state index in [9.17, 15) is 13.2 Å². The molecule has 1 amide bonds. The molecule has 0 aliphatic carbocycles. The van der Waals surface area contributed by atoms with E-state index in [2.05, 4.69) is 10.2 Å². The molecule has 6 nitrogen and oxygen atoms in total. The molecule has 1 fully saturated rings. The van der Waals surface area contributed by atoms with Crippen LogP contribution in [-0.4, -0.2) is 62.1 Å². The van der Waals surface area contributed by atoms with Crippen LogP contribution in [0.25, 0.3) is 0 Å². The summed E-state index contributed by atoms with van der Waals surface area (Å²) in [6.07, 6.45) is 0. The van der Waals surface area contributed by atoms with Crippen molar-refractivity contribution in [3.8, 4) is 0 Å². The maximum absolute atomic E-state index is 12.6. The van der Waals surface area contributed by atoms with Crippen molar-refractivity contribution in [2.45, 2.75) is 23.7 Å². The van der Waals surface area contributed by atoms with Crippen LogP contribution in [-0.2, 0) is 21.4 Å². The quantitative estimate of drug-likeness (QED) is 0.792. The Labute approximate surface area is 142 Å². The lowest BCUT2D eigenvalue weighted by Crippen LogP contribution is -2.47. The first-order chi connectivity index (χ1) is 10.8. The molecule has 1 aromatic rings. The van der Waals surface area contributed by atoms with Gasteiger partial charge in [-0.25, -0.2) is 8.42 Å². The molecule has 1 N–H and O–H groups in total. The molecule has 1 aromatic carbocycles. The normalized spacial score (nSPS) is 18.6. The standard InChI is InChI=1S/C15H22ClN3O3S/c1-12(16)15(20)17-11-13-3-5-14(6-4-13)23(21,22)19-9-7-18(2)8-10-19/h3-6,12H,7-11H2,1-2H3,(H,17,20). The largest absolute Gasteiger partial charge is 0.351 e. The van der Waals surface area contributed by atoms with Gasteiger partial charge in [0.25, 0.3) is 0 Å². The van der Waals surface area contributed by atoms with Crippen LogP contribution in [0.1, 0.15) is 12.5 Å². The van der Waals surface area contributed by atoms with Gasteiger partial charge in [0.1, 0.15) is 5.38 Å². The molecule has 1 aliphatic heterocycles. The highest BCUT2D eigenvalue weighted by atomic mass is 35.5. The van der Waals surface area contributed by atoms with E-state index < -0.39 is 15.4 Å². The summed E-state index contributed by atoms with van der Waals surface area (Å²) < 4.78 is 26.7. The summed E-state index contributed by atoms with van der Waals surface area (Å²) in [5, 5.41) is 2.10. The molecule has 1 heterocycles. The number of halogens is 1. The zero-order valence-electron chi connectivity index (χ0n) is 13.3. The number of rotatable bonds is 5. The van der Waals surface area contributed by atoms with Gasteiger partial charge in [-0.1, -0.05) is 12.1 Å². The van der Waals surface area contributed by atoms with Crippen molar-refractivity contribution < 1.29 is 13.2 Å². The number of benzene rings is 1. The number of nitrogens with one attached hydrogen (secondary N) is 1. The van der Waals surface area contributed by atoms with Crippen molar-refractivity contribution in [2.75, 3.05) is 33.2 Å². The molecule has 2 rings (SSSR count). The predicted octanol–water partition coefficient (Wildman–Crippen LogP) is 0.866. The first-order valence-corrected chi connectivity index (χ1v) is 9.38. The molecule has 1 aliphatic rings. The van der Waals surface area contributed by atoms with Crippen LogP contribution in [0, 0.1) is 0 Å². The van der Waals surface area contributed by atoms with Gasteiger partial charge in [0.05, 0.1) is 4.90 Å². The van der Waals surface area contributed by atoms with E-state index in [1.807, 2.05) is 7.05 Å². The number of alkyl halides is 1. The first kappa shape index (κ1) is 18.2. The van der Waals surface area contributed by atoms with Crippen LogP contribution in [0.5, 0.6) is 0 Å². The smallest absolute Gasteiger partial charge is 0.243 e. The Kier molecular flexibility index (Phi) is 6.02. The van der Waals surface area contributed by atoms with Gasteiger partial charge in [-0.05, 0) is 31.7 Å². The third-order valence-electron chi connectivity index (χ3n) is 3.85. The second-order valence-electron chi connectivity index (χ2n) is 5.69. The molecule has 1 atom stereocenters. The summed E-state index contributed by atoms with van der Waals surface area (Å²) in [6, 6.07) is 6.59. The van der Waals surface area contributed by atoms with Gasteiger partial charge in [0, 0.05) is 32.7 Å². The zero-order valence-corrected chi connectivity index (χ0v) is 14.9. The molecule has 23 heavy (non-hydrogen) atoms. The van der Waals surface area contributed by atoms with E-state index >= 15 is 0 Å². The summed E-state index contributed by atoms with van der Waals surface area (Å²) in [6.45, 7) is 4.40. The fraction of sp³-hybridized carbons (Fsp3) is 0.533. The number of hydrogen-bond donors (Lipinski definition) is 1. The third-order valence-corrected chi connectivity index (χ3v) is 5.96. The Balaban J connectivity index is 2.02. The molecule has 1 unspecified atom stereocenters. The minimum atomic E-state index is -3.45. The Morgan fingerprint density at radius 3 is 2.30 bits per heavy atom. The topological polar surface area (TPSA) is 69.7 Å². The Bertz CT molecular complexity index is 638. The minimum absolute atomic E-state index is 0.249. The van der Waals surface area contributed by atoms with E-state index in [1.165, 1.54) is 4.31 Å². The van der Waals surface area contributed by atoms with Crippen LogP contribution in [0.3, 0.4) is 0 Å². The van der Waals surface area contributed by atoms with Gasteiger partial charge < -0.3 is 10.2 Å². The van der Waals surface area contributed by atoms with Crippen molar-refractivity contribution in [1.29, 1.82) is 0 Å². The molecule has 0 radical (unpaired) electrons. The van der Waals surface area contributed by atoms with Gasteiger partial charge in [0.2, 0.25) is 15.9 Å². The van der Waals surface area contributed by atoms with E-state index in [1.54, 1.807) is 31.2 Å². The molecular weight excluding hydrogens is 338 g/mol. The zero-order chi connectivity index (χ0) is 17.0.